The number of methoxy groups -OCH3 is 2. The van der Waals surface area contributed by atoms with Crippen molar-refractivity contribution in [1.29, 1.82) is 0 Å². The molecule has 0 bridgehead atoms. The Balaban J connectivity index is -0.000000299. The number of hydrogen-bond acceptors (Lipinski definition) is 2. The Morgan fingerprint density at radius 2 is 0.967 bits per heavy atom. The minimum atomic E-state index is -4.06. The smallest absolute Gasteiger partial charge is 0.388 e. The van der Waals surface area contributed by atoms with E-state index in [0.717, 1.165) is 67.6 Å². The van der Waals surface area contributed by atoms with Crippen molar-refractivity contribution in [2.75, 3.05) is 21.3 Å². The van der Waals surface area contributed by atoms with E-state index in [1.165, 1.54) is 115 Å². The molecule has 0 aromatic rings. The summed E-state index contributed by atoms with van der Waals surface area (Å²) in [5.74, 6) is 5.05. The van der Waals surface area contributed by atoms with Crippen molar-refractivity contribution < 1.29 is 35.8 Å². The Kier molecular flexibility index (Phi) is 36.9. The molecule has 0 aromatic heterocycles. The number of hydrogen-bond donors (Lipinski definition) is 0. The minimum absolute atomic E-state index is 0.316. The van der Waals surface area contributed by atoms with Crippen molar-refractivity contribution in [1.82, 2.24) is 0 Å². The van der Waals surface area contributed by atoms with Crippen LogP contribution in [0.5, 0.6) is 0 Å². The monoisotopic (exact) mass is 889 g/mol. The van der Waals surface area contributed by atoms with Crippen molar-refractivity contribution in [3.63, 3.8) is 0 Å². The molecule has 6 fully saturated rings. The summed E-state index contributed by atoms with van der Waals surface area (Å²) < 4.78 is 79.3. The molecule has 0 heterocycles. The molecule has 8 heteroatoms. The summed E-state index contributed by atoms with van der Waals surface area (Å²) in [5.41, 5.74) is 0.0440. The topological polar surface area (TPSA) is 18.5 Å². The van der Waals surface area contributed by atoms with Gasteiger partial charge in [-0.2, -0.15) is 26.3 Å². The molecule has 2 nitrogen and oxygen atoms in total. The van der Waals surface area contributed by atoms with Gasteiger partial charge in [0.15, 0.2) is 0 Å². The summed E-state index contributed by atoms with van der Waals surface area (Å²) in [6.45, 7) is 37.8. The van der Waals surface area contributed by atoms with Crippen molar-refractivity contribution in [2.45, 2.75) is 258 Å². The zero-order valence-corrected chi connectivity index (χ0v) is 44.2. The second-order valence-electron chi connectivity index (χ2n) is 22.2. The van der Waals surface area contributed by atoms with Gasteiger partial charge < -0.3 is 9.47 Å². The summed E-state index contributed by atoms with van der Waals surface area (Å²) >= 11 is 0. The summed E-state index contributed by atoms with van der Waals surface area (Å²) in [5, 5.41) is 0. The molecule has 0 spiro atoms. The van der Waals surface area contributed by atoms with Gasteiger partial charge in [0.2, 0.25) is 0 Å². The van der Waals surface area contributed by atoms with Crippen molar-refractivity contribution in [3.05, 3.63) is 12.2 Å². The second-order valence-corrected chi connectivity index (χ2v) is 22.2. The molecular formula is C53H106F6O2. The van der Waals surface area contributed by atoms with E-state index in [-0.39, 0.29) is 0 Å². The Morgan fingerprint density at radius 3 is 0.984 bits per heavy atom. The van der Waals surface area contributed by atoms with Crippen molar-refractivity contribution in [2.24, 2.45) is 51.2 Å². The highest BCUT2D eigenvalue weighted by atomic mass is 19.4. The van der Waals surface area contributed by atoms with E-state index in [2.05, 4.69) is 87.5 Å². The average molecular weight is 889 g/mol. The lowest BCUT2D eigenvalue weighted by molar-refractivity contribution is -0.242. The van der Waals surface area contributed by atoms with Gasteiger partial charge in [-0.1, -0.05) is 174 Å². The van der Waals surface area contributed by atoms with Gasteiger partial charge >= 0.3 is 12.4 Å². The molecule has 6 aliphatic rings. The van der Waals surface area contributed by atoms with E-state index in [0.29, 0.717) is 18.9 Å². The van der Waals surface area contributed by atoms with Crippen LogP contribution in [0.3, 0.4) is 0 Å². The van der Waals surface area contributed by atoms with E-state index >= 15 is 0 Å². The maximum Gasteiger partial charge on any atom is 0.394 e. The third kappa shape index (κ3) is 38.2. The van der Waals surface area contributed by atoms with Gasteiger partial charge in [-0.05, 0) is 118 Å². The molecule has 2 unspecified atom stereocenters. The zero-order chi connectivity index (χ0) is 48.9. The van der Waals surface area contributed by atoms with Crippen LogP contribution in [0.25, 0.3) is 0 Å². The van der Waals surface area contributed by atoms with Gasteiger partial charge in [0, 0.05) is 21.3 Å². The highest BCUT2D eigenvalue weighted by Crippen LogP contribution is 2.52. The van der Waals surface area contributed by atoms with Crippen LogP contribution in [0.4, 0.5) is 26.3 Å². The van der Waals surface area contributed by atoms with Crippen LogP contribution in [0, 0.1) is 51.2 Å². The van der Waals surface area contributed by atoms with Crippen LogP contribution in [-0.4, -0.2) is 39.8 Å². The fourth-order valence-electron chi connectivity index (χ4n) is 6.29. The quantitative estimate of drug-likeness (QED) is 0.207. The summed E-state index contributed by atoms with van der Waals surface area (Å²) in [6.07, 6.45) is 16.4. The van der Waals surface area contributed by atoms with E-state index in [1.54, 1.807) is 21.3 Å². The van der Waals surface area contributed by atoms with E-state index in [9.17, 15) is 26.3 Å². The van der Waals surface area contributed by atoms with Crippen molar-refractivity contribution in [3.8, 4) is 0 Å². The molecule has 0 saturated heterocycles. The highest BCUT2D eigenvalue weighted by molar-refractivity contribution is 5.05. The lowest BCUT2D eigenvalue weighted by atomic mass is 9.69. The van der Waals surface area contributed by atoms with Crippen LogP contribution in [0.1, 0.15) is 240 Å². The Morgan fingerprint density at radius 1 is 0.639 bits per heavy atom. The predicted molar refractivity (Wildman–Crippen MR) is 256 cm³/mol. The minimum Gasteiger partial charge on any atom is -0.388 e. The summed E-state index contributed by atoms with van der Waals surface area (Å²) in [7, 11) is 4.95. The largest absolute Gasteiger partial charge is 0.394 e. The molecule has 0 amide bonds. The lowest BCUT2D eigenvalue weighted by Gasteiger charge is -2.39. The van der Waals surface area contributed by atoms with Crippen LogP contribution in [-0.2, 0) is 9.47 Å². The number of unbranched alkanes of at least 4 members (excludes halogenated alkanes) is 2. The molecule has 372 valence electrons. The molecule has 2 atom stereocenters. The Bertz CT molecular complexity index is 964. The molecule has 6 saturated carbocycles. The number of allylic oxidation sites excluding steroid dienone is 1. The molecule has 0 radical (unpaired) electrons. The molecule has 6 aliphatic carbocycles. The number of alkyl halides is 6. The maximum absolute atomic E-state index is 11.9. The first kappa shape index (κ1) is 66.8. The van der Waals surface area contributed by atoms with Crippen LogP contribution in [0.15, 0.2) is 12.2 Å². The lowest BCUT2D eigenvalue weighted by Crippen LogP contribution is -2.40. The molecule has 61 heavy (non-hydrogen) atoms. The summed E-state index contributed by atoms with van der Waals surface area (Å²) in [6, 6.07) is 0. The van der Waals surface area contributed by atoms with Crippen LogP contribution >= 0.6 is 0 Å². The van der Waals surface area contributed by atoms with Crippen LogP contribution < -0.4 is 0 Å². The van der Waals surface area contributed by atoms with Gasteiger partial charge in [-0.25, -0.2) is 0 Å². The normalized spacial score (nSPS) is 24.5. The standard InChI is InChI=1S/2C7H14.C6H9F3.C6H12.C6H10.C5H9F3.C5H10.C5H12.C4H10O.C2H6O/c1-6-4-3-5-7(6)2;1-3-7(2)5-4-6-7;1-5(3-2-4-5)6(7,8)9;2*1-5-3-6(2)4-5;1-4(2,3)5(6,7)8;1-5(2)3-4-5;1-3-5-4-2;1-4(2)5-3;1-3-2/h6-7H,3-5H2,1-2H3;3-6H2,1-2H3;2-4H2,1H3;5-6H,3-4H2,1-2H3;6H,1,3-4H2,2H3;1-3H3;3-4H2,1-2H3;3-5H2,1-2H3;4H,1-3H3;1-2H3. The number of rotatable bonds is 4. The fraction of sp³-hybridized carbons (Fsp3) is 0.962. The first-order chi connectivity index (χ1) is 27.7. The molecule has 0 aliphatic heterocycles. The van der Waals surface area contributed by atoms with E-state index in [4.69, 9.17) is 4.74 Å². The summed E-state index contributed by atoms with van der Waals surface area (Å²) in [4.78, 5) is 0. The molecule has 0 aromatic carbocycles. The van der Waals surface area contributed by atoms with Gasteiger partial charge in [0.1, 0.15) is 0 Å². The van der Waals surface area contributed by atoms with Gasteiger partial charge in [0.05, 0.1) is 16.9 Å². The third-order valence-corrected chi connectivity index (χ3v) is 13.0. The third-order valence-electron chi connectivity index (χ3n) is 13.0. The Hall–Kier alpha value is -0.760. The second kappa shape index (κ2) is 33.7. The predicted octanol–water partition coefficient (Wildman–Crippen LogP) is 19.7. The van der Waals surface area contributed by atoms with E-state index in [1.807, 2.05) is 13.8 Å². The van der Waals surface area contributed by atoms with Crippen molar-refractivity contribution >= 4 is 0 Å². The van der Waals surface area contributed by atoms with Crippen LogP contribution in [0.2, 0.25) is 0 Å². The molecule has 0 N–H and O–H groups in total. The van der Waals surface area contributed by atoms with Gasteiger partial charge in [-0.3, -0.25) is 0 Å². The SMILES string of the molecule is C=C1CC(C)C1.CC(C)(C)C(F)(F)F.CC1(C(F)(F)F)CCC1.CC1(C)CC1.CC1CC(C)C1.CC1CCCC1C.CCC1(C)CCC1.CCCCC.COC.COC(C)C. The van der Waals surface area contributed by atoms with Gasteiger partial charge in [-0.15, -0.1) is 0 Å². The highest BCUT2D eigenvalue weighted by Gasteiger charge is 2.54. The Labute approximate surface area is 377 Å². The number of halogens is 6. The van der Waals surface area contributed by atoms with Gasteiger partial charge in [0.25, 0.3) is 0 Å². The molecular weight excluding hydrogens is 783 g/mol. The maximum atomic E-state index is 11.9. The van der Waals surface area contributed by atoms with E-state index < -0.39 is 23.2 Å². The zero-order valence-electron chi connectivity index (χ0n) is 44.2. The number of ether oxygens (including phenoxy) is 2. The first-order valence-electron chi connectivity index (χ1n) is 24.4. The average Bonchev–Trinajstić information content (AvgIpc) is 3.66. The molecule has 6 rings (SSSR count). The first-order valence-corrected chi connectivity index (χ1v) is 24.4. The fourth-order valence-corrected chi connectivity index (χ4v) is 6.29.